The maximum atomic E-state index is 13.9. The van der Waals surface area contributed by atoms with Crippen molar-refractivity contribution >= 4 is 35.9 Å². The monoisotopic (exact) mass is 1420 g/mol. The number of carbonyl (C=O) groups excluding carboxylic acids is 3. The highest BCUT2D eigenvalue weighted by molar-refractivity contribution is 5.76. The van der Waals surface area contributed by atoms with Gasteiger partial charge in [-0.05, 0) is 116 Å². The number of halogens is 9. The third kappa shape index (κ3) is 30.3. The largest absolute Gasteiger partial charge is 0.488 e. The van der Waals surface area contributed by atoms with Crippen molar-refractivity contribution in [2.24, 2.45) is 0 Å². The van der Waals surface area contributed by atoms with Crippen LogP contribution in [0, 0.1) is 0 Å². The predicted molar refractivity (Wildman–Crippen MR) is 366 cm³/mol. The Labute approximate surface area is 584 Å². The summed E-state index contributed by atoms with van der Waals surface area (Å²) in [4.78, 5) is 35.3. The third-order valence-corrected chi connectivity index (χ3v) is 15.1. The van der Waals surface area contributed by atoms with Crippen LogP contribution in [0.4, 0.5) is 39.5 Å². The van der Waals surface area contributed by atoms with E-state index in [0.29, 0.717) is 42.7 Å². The molecule has 0 spiro atoms. The van der Waals surface area contributed by atoms with Crippen LogP contribution in [-0.4, -0.2) is 108 Å². The van der Waals surface area contributed by atoms with E-state index in [1.54, 1.807) is 110 Å². The molecule has 1 saturated heterocycles. The molecule has 0 radical (unpaired) electrons. The van der Waals surface area contributed by atoms with Gasteiger partial charge in [0, 0.05) is 48.2 Å². The van der Waals surface area contributed by atoms with E-state index < -0.39 is 51.8 Å². The average molecular weight is 1420 g/mol. The lowest BCUT2D eigenvalue weighted by Gasteiger charge is -2.32. The molecule has 3 N–H and O–H groups in total. The van der Waals surface area contributed by atoms with E-state index in [0.717, 1.165) is 54.2 Å². The minimum Gasteiger partial charge on any atom is -0.488 e. The van der Waals surface area contributed by atoms with Crippen LogP contribution < -0.4 is 30.2 Å². The Hall–Kier alpha value is -8.56. The number of ether oxygens (including phenoxy) is 10. The van der Waals surface area contributed by atoms with Gasteiger partial charge in [0.25, 0.3) is 0 Å². The van der Waals surface area contributed by atoms with Crippen molar-refractivity contribution in [3.8, 4) is 17.2 Å². The molecule has 0 aromatic heterocycles. The Morgan fingerprint density at radius 1 is 0.495 bits per heavy atom. The zero-order valence-electron chi connectivity index (χ0n) is 57.9. The molecule has 25 heteroatoms. The highest BCUT2D eigenvalue weighted by atomic mass is 19.4. The summed E-state index contributed by atoms with van der Waals surface area (Å²) in [6.07, 6.45) is -0.935. The lowest BCUT2D eigenvalue weighted by atomic mass is 9.94. The van der Waals surface area contributed by atoms with Crippen molar-refractivity contribution < 1.29 is 101 Å². The number of rotatable bonds is 34. The maximum Gasteiger partial charge on any atom is 0.419 e. The fourth-order valence-electron chi connectivity index (χ4n) is 10.1. The van der Waals surface area contributed by atoms with Crippen LogP contribution in [0.5, 0.6) is 17.2 Å². The van der Waals surface area contributed by atoms with E-state index in [9.17, 15) is 53.9 Å². The number of methoxy groups -OCH3 is 2. The molecule has 1 fully saturated rings. The van der Waals surface area contributed by atoms with Gasteiger partial charge in [-0.15, -0.1) is 0 Å². The molecule has 3 amide bonds. The molecular formula is C76H90F9N3O13. The minimum absolute atomic E-state index is 0.0177. The molecule has 6 aromatic rings. The molecule has 4 atom stereocenters. The molecule has 6 aromatic carbocycles. The Morgan fingerprint density at radius 3 is 1.25 bits per heavy atom. The predicted octanol–water partition coefficient (Wildman–Crippen LogP) is 16.2. The third-order valence-electron chi connectivity index (χ3n) is 15.1. The zero-order valence-corrected chi connectivity index (χ0v) is 57.9. The first-order chi connectivity index (χ1) is 48.0. The van der Waals surface area contributed by atoms with Gasteiger partial charge in [-0.2, -0.15) is 39.5 Å². The molecule has 101 heavy (non-hydrogen) atoms. The highest BCUT2D eigenvalue weighted by Gasteiger charge is 2.38. The van der Waals surface area contributed by atoms with Crippen molar-refractivity contribution in [1.82, 2.24) is 16.0 Å². The van der Waals surface area contributed by atoms with Gasteiger partial charge in [0.1, 0.15) is 50.7 Å². The van der Waals surface area contributed by atoms with Crippen molar-refractivity contribution in [1.29, 1.82) is 0 Å². The molecule has 4 unspecified atom stereocenters. The zero-order chi connectivity index (χ0) is 74.0. The first-order valence-electron chi connectivity index (χ1n) is 32.5. The second-order valence-electron chi connectivity index (χ2n) is 23.8. The summed E-state index contributed by atoms with van der Waals surface area (Å²) in [5, 5.41) is 8.45. The van der Waals surface area contributed by atoms with Crippen molar-refractivity contribution in [3.05, 3.63) is 214 Å². The second-order valence-corrected chi connectivity index (χ2v) is 23.8. The minimum atomic E-state index is -4.61. The van der Waals surface area contributed by atoms with Crippen molar-refractivity contribution in [3.63, 3.8) is 0 Å². The number of alkyl halides is 9. The number of hydrogen-bond acceptors (Lipinski definition) is 13. The van der Waals surface area contributed by atoms with Gasteiger partial charge in [-0.3, -0.25) is 14.4 Å². The van der Waals surface area contributed by atoms with Gasteiger partial charge in [-0.25, -0.2) is 0 Å². The van der Waals surface area contributed by atoms with Crippen LogP contribution in [0.25, 0.3) is 18.2 Å². The standard InChI is InChI=1S/C29H36F3NO5.C24H28F3NO4.C23H26F3NO4/c1-3-35-21-28(33-22(2)34,16-18-37-27-11-7-8-17-36-27)15-14-23-12-13-26(25(19-23)29(30,31)32)38-20-24-9-5-4-6-10-24;1-4-23(28-18(2)29,16-31-17-30-3)13-12-19-10-11-22(21(14-19)24(25,26)27)32-15-20-8-6-5-7-9-20;1-17(28)27-22(2,15-30-16-29-3)12-11-18-9-10-21(20(13-18)23(24,25)26)31-14-19-7-5-4-6-8-19/h4-6,9-10,12-15,19,27H,3,7-8,11,16-18,20-21H2,1-2H3,(H,33,34);5-14H,4,15-17H2,1-3H3,(H,28,29);4-13H,14-16H2,1-3H3,(H,27,28). The van der Waals surface area contributed by atoms with Gasteiger partial charge in [0.2, 0.25) is 17.7 Å². The number of amides is 3. The lowest BCUT2D eigenvalue weighted by molar-refractivity contribution is -0.165. The van der Waals surface area contributed by atoms with E-state index in [4.69, 9.17) is 47.4 Å². The van der Waals surface area contributed by atoms with Crippen LogP contribution in [-0.2, 0) is 85.9 Å². The van der Waals surface area contributed by atoms with Gasteiger partial charge in [0.05, 0.1) is 59.7 Å². The maximum absolute atomic E-state index is 13.9. The van der Waals surface area contributed by atoms with Crippen LogP contribution >= 0.6 is 0 Å². The Kier molecular flexibility index (Phi) is 34.0. The smallest absolute Gasteiger partial charge is 0.419 e. The Balaban J connectivity index is 0.000000275. The molecule has 7 rings (SSSR count). The van der Waals surface area contributed by atoms with Crippen LogP contribution in [0.2, 0.25) is 0 Å². The normalized spacial score (nSPS) is 15.2. The first-order valence-corrected chi connectivity index (χ1v) is 32.5. The van der Waals surface area contributed by atoms with Crippen LogP contribution in [0.1, 0.15) is 124 Å². The Bertz CT molecular complexity index is 3560. The summed E-state index contributed by atoms with van der Waals surface area (Å²) in [5.41, 5.74) is -2.16. The average Bonchev–Trinajstić information content (AvgIpc) is 0.823. The molecule has 0 aliphatic carbocycles. The summed E-state index contributed by atoms with van der Waals surface area (Å²) in [5.74, 6) is -1.61. The van der Waals surface area contributed by atoms with Crippen LogP contribution in [0.3, 0.4) is 0 Å². The quantitative estimate of drug-likeness (QED) is 0.0198. The van der Waals surface area contributed by atoms with Crippen LogP contribution in [0.15, 0.2) is 164 Å². The summed E-state index contributed by atoms with van der Waals surface area (Å²) in [6.45, 7) is 11.3. The summed E-state index contributed by atoms with van der Waals surface area (Å²) in [7, 11) is 2.94. The molecule has 0 bridgehead atoms. The SMILES string of the molecule is CCC(C=Cc1ccc(OCc2ccccc2)c(C(F)(F)F)c1)(COCOC)NC(C)=O.CCOCC(C=Cc1ccc(OCc2ccccc2)c(C(F)(F)F)c1)(CCOC1CCCCO1)NC(C)=O.COCOCC(C)(C=Cc1ccc(OCc2ccccc2)c(C(F)(F)F)c1)NC(C)=O. The highest BCUT2D eigenvalue weighted by Crippen LogP contribution is 2.41. The van der Waals surface area contributed by atoms with E-state index in [1.807, 2.05) is 32.0 Å². The van der Waals surface area contributed by atoms with Crippen molar-refractivity contribution in [2.75, 3.05) is 67.4 Å². The van der Waals surface area contributed by atoms with Gasteiger partial charge >= 0.3 is 18.5 Å². The fourth-order valence-corrected chi connectivity index (χ4v) is 10.1. The molecule has 1 aliphatic heterocycles. The second kappa shape index (κ2) is 41.4. The molecule has 1 heterocycles. The van der Waals surface area contributed by atoms with E-state index in [2.05, 4.69) is 16.0 Å². The lowest BCUT2D eigenvalue weighted by Crippen LogP contribution is -2.50. The fraction of sp³-hybridized carbons (Fsp3) is 0.408. The molecule has 550 valence electrons. The molecule has 16 nitrogen and oxygen atoms in total. The van der Waals surface area contributed by atoms with Gasteiger partial charge in [0.15, 0.2) is 6.29 Å². The van der Waals surface area contributed by atoms with E-state index in [1.165, 1.54) is 77.5 Å². The van der Waals surface area contributed by atoms with E-state index >= 15 is 0 Å². The number of hydrogen-bond donors (Lipinski definition) is 3. The topological polar surface area (TPSA) is 180 Å². The molecule has 0 saturated carbocycles. The number of carbonyl (C=O) groups is 3. The summed E-state index contributed by atoms with van der Waals surface area (Å²) < 4.78 is 178. The summed E-state index contributed by atoms with van der Waals surface area (Å²) >= 11 is 0. The molecular weight excluding hydrogens is 1330 g/mol. The Morgan fingerprint density at radius 2 is 0.881 bits per heavy atom. The van der Waals surface area contributed by atoms with Gasteiger partial charge < -0.3 is 63.3 Å². The first kappa shape index (κ1) is 83.1. The van der Waals surface area contributed by atoms with E-state index in [-0.39, 0.29) is 101 Å². The molecule has 1 aliphatic rings. The summed E-state index contributed by atoms with van der Waals surface area (Å²) in [6, 6.07) is 38.5. The number of nitrogens with one attached hydrogen (secondary N) is 3. The van der Waals surface area contributed by atoms with Crippen molar-refractivity contribution in [2.45, 2.75) is 135 Å². The van der Waals surface area contributed by atoms with Gasteiger partial charge in [-0.1, -0.05) is 153 Å². The number of benzene rings is 6.